The van der Waals surface area contributed by atoms with E-state index < -0.39 is 0 Å². The summed E-state index contributed by atoms with van der Waals surface area (Å²) in [4.78, 5) is 7.59. The van der Waals surface area contributed by atoms with E-state index in [2.05, 4.69) is 47.2 Å². The van der Waals surface area contributed by atoms with Crippen molar-refractivity contribution in [3.05, 3.63) is 47.8 Å². The maximum atomic E-state index is 6.03. The van der Waals surface area contributed by atoms with Crippen LogP contribution < -0.4 is 5.73 Å². The molecule has 0 saturated carbocycles. The predicted molar refractivity (Wildman–Crippen MR) is 75.4 cm³/mol. The number of aryl methyl sites for hydroxylation is 2. The van der Waals surface area contributed by atoms with Gasteiger partial charge in [0.2, 0.25) is 0 Å². The Balaban J connectivity index is 2.37. The van der Waals surface area contributed by atoms with Gasteiger partial charge in [0.15, 0.2) is 0 Å². The molecule has 1 aromatic carbocycles. The largest absolute Gasteiger partial charge is 0.397 e. The molecular formula is C15H15N3. The van der Waals surface area contributed by atoms with Gasteiger partial charge in [-0.25, -0.2) is 4.98 Å². The van der Waals surface area contributed by atoms with Gasteiger partial charge in [0, 0.05) is 17.3 Å². The first kappa shape index (κ1) is 10.8. The van der Waals surface area contributed by atoms with Crippen molar-refractivity contribution < 1.29 is 0 Å². The van der Waals surface area contributed by atoms with E-state index >= 15 is 0 Å². The fraction of sp³-hybridized carbons (Fsp3) is 0.133. The van der Waals surface area contributed by atoms with Crippen molar-refractivity contribution in [3.63, 3.8) is 0 Å². The lowest BCUT2D eigenvalue weighted by Gasteiger charge is -2.07. The van der Waals surface area contributed by atoms with Crippen molar-refractivity contribution >= 4 is 16.7 Å². The summed E-state index contributed by atoms with van der Waals surface area (Å²) in [6.45, 7) is 4.09. The SMILES string of the molecule is Cc1cccc(-c2cc(C)nc3[nH]cc(N)c23)c1. The third-order valence-electron chi connectivity index (χ3n) is 3.13. The Morgan fingerprint density at radius 1 is 1.17 bits per heavy atom. The molecule has 3 N–H and O–H groups in total. The van der Waals surface area contributed by atoms with Crippen LogP contribution >= 0.6 is 0 Å². The summed E-state index contributed by atoms with van der Waals surface area (Å²) < 4.78 is 0. The minimum atomic E-state index is 0.744. The van der Waals surface area contributed by atoms with E-state index in [-0.39, 0.29) is 0 Å². The summed E-state index contributed by atoms with van der Waals surface area (Å²) >= 11 is 0. The summed E-state index contributed by atoms with van der Waals surface area (Å²) in [6.07, 6.45) is 1.80. The van der Waals surface area contributed by atoms with E-state index in [1.165, 1.54) is 11.1 Å². The number of aromatic nitrogens is 2. The van der Waals surface area contributed by atoms with Crippen molar-refractivity contribution in [1.29, 1.82) is 0 Å². The van der Waals surface area contributed by atoms with Crippen LogP contribution in [0, 0.1) is 13.8 Å². The molecule has 0 bridgehead atoms. The van der Waals surface area contributed by atoms with Crippen LogP contribution in [0.3, 0.4) is 0 Å². The number of hydrogen-bond donors (Lipinski definition) is 2. The van der Waals surface area contributed by atoms with Crippen LogP contribution in [-0.4, -0.2) is 9.97 Å². The molecule has 18 heavy (non-hydrogen) atoms. The molecule has 0 saturated heterocycles. The number of benzene rings is 1. The van der Waals surface area contributed by atoms with Crippen LogP contribution in [0.15, 0.2) is 36.5 Å². The Bertz CT molecular complexity index is 726. The summed E-state index contributed by atoms with van der Waals surface area (Å²) in [6, 6.07) is 10.5. The molecule has 3 aromatic rings. The molecule has 3 heteroatoms. The Morgan fingerprint density at radius 2 is 2.00 bits per heavy atom. The van der Waals surface area contributed by atoms with E-state index in [1.807, 2.05) is 6.92 Å². The van der Waals surface area contributed by atoms with Gasteiger partial charge >= 0.3 is 0 Å². The Hall–Kier alpha value is -2.29. The molecule has 0 fully saturated rings. The number of H-pyrrole nitrogens is 1. The fourth-order valence-electron chi connectivity index (χ4n) is 2.33. The summed E-state index contributed by atoms with van der Waals surface area (Å²) in [7, 11) is 0. The van der Waals surface area contributed by atoms with Crippen LogP contribution in [-0.2, 0) is 0 Å². The molecule has 2 heterocycles. The molecule has 0 aliphatic rings. The molecule has 3 nitrogen and oxygen atoms in total. The van der Waals surface area contributed by atoms with Gasteiger partial charge in [0.05, 0.1) is 5.69 Å². The molecule has 0 spiro atoms. The average molecular weight is 237 g/mol. The van der Waals surface area contributed by atoms with Gasteiger partial charge in [0.1, 0.15) is 5.65 Å². The number of rotatable bonds is 1. The quantitative estimate of drug-likeness (QED) is 0.681. The Labute approximate surface area is 106 Å². The number of pyridine rings is 1. The van der Waals surface area contributed by atoms with Crippen molar-refractivity contribution in [1.82, 2.24) is 9.97 Å². The lowest BCUT2D eigenvalue weighted by molar-refractivity contribution is 1.22. The summed E-state index contributed by atoms with van der Waals surface area (Å²) in [5, 5.41) is 1.01. The maximum Gasteiger partial charge on any atom is 0.140 e. The number of nitrogens with two attached hydrogens (primary N) is 1. The standard InChI is InChI=1S/C15H15N3/c1-9-4-3-5-11(6-9)12-7-10(2)18-15-14(12)13(16)8-17-15/h3-8H,16H2,1-2H3,(H,17,18). The smallest absolute Gasteiger partial charge is 0.140 e. The van der Waals surface area contributed by atoms with Crippen LogP contribution in [0.2, 0.25) is 0 Å². The molecule has 0 unspecified atom stereocenters. The zero-order chi connectivity index (χ0) is 12.7. The van der Waals surface area contributed by atoms with Crippen LogP contribution in [0.4, 0.5) is 5.69 Å². The highest BCUT2D eigenvalue weighted by Crippen LogP contribution is 2.32. The monoisotopic (exact) mass is 237 g/mol. The second kappa shape index (κ2) is 3.88. The molecule has 90 valence electrons. The molecule has 3 rings (SSSR count). The highest BCUT2D eigenvalue weighted by Gasteiger charge is 2.10. The van der Waals surface area contributed by atoms with Crippen molar-refractivity contribution in [3.8, 4) is 11.1 Å². The molecule has 0 radical (unpaired) electrons. The van der Waals surface area contributed by atoms with Gasteiger partial charge in [-0.15, -0.1) is 0 Å². The molecule has 0 atom stereocenters. The highest BCUT2D eigenvalue weighted by atomic mass is 14.9. The molecule has 2 aromatic heterocycles. The Kier molecular flexibility index (Phi) is 2.33. The zero-order valence-electron chi connectivity index (χ0n) is 10.5. The number of aromatic amines is 1. The van der Waals surface area contributed by atoms with Crippen molar-refractivity contribution in [2.75, 3.05) is 5.73 Å². The predicted octanol–water partition coefficient (Wildman–Crippen LogP) is 3.43. The summed E-state index contributed by atoms with van der Waals surface area (Å²) in [5.41, 5.74) is 12.2. The third kappa shape index (κ3) is 1.64. The number of nitrogens with zero attached hydrogens (tertiary/aromatic N) is 1. The van der Waals surface area contributed by atoms with Gasteiger partial charge in [-0.05, 0) is 31.0 Å². The third-order valence-corrected chi connectivity index (χ3v) is 3.13. The maximum absolute atomic E-state index is 6.03. The van der Waals surface area contributed by atoms with Gasteiger partial charge in [-0.1, -0.05) is 29.8 Å². The van der Waals surface area contributed by atoms with Crippen LogP contribution in [0.1, 0.15) is 11.3 Å². The molecule has 0 aliphatic carbocycles. The van der Waals surface area contributed by atoms with E-state index in [4.69, 9.17) is 5.73 Å². The topological polar surface area (TPSA) is 54.7 Å². The molecule has 0 amide bonds. The average Bonchev–Trinajstić information content (AvgIpc) is 2.70. The number of fused-ring (bicyclic) bond motifs is 1. The van der Waals surface area contributed by atoms with Crippen LogP contribution in [0.5, 0.6) is 0 Å². The van der Waals surface area contributed by atoms with Crippen molar-refractivity contribution in [2.45, 2.75) is 13.8 Å². The van der Waals surface area contributed by atoms with Gasteiger partial charge in [-0.3, -0.25) is 0 Å². The van der Waals surface area contributed by atoms with Gasteiger partial charge in [0.25, 0.3) is 0 Å². The van der Waals surface area contributed by atoms with Gasteiger partial charge in [-0.2, -0.15) is 0 Å². The summed E-state index contributed by atoms with van der Waals surface area (Å²) in [5.74, 6) is 0. The van der Waals surface area contributed by atoms with Gasteiger partial charge < -0.3 is 10.7 Å². The van der Waals surface area contributed by atoms with E-state index in [0.29, 0.717) is 0 Å². The Morgan fingerprint density at radius 3 is 2.78 bits per heavy atom. The van der Waals surface area contributed by atoms with E-state index in [1.54, 1.807) is 6.20 Å². The second-order valence-corrected chi connectivity index (χ2v) is 4.65. The highest BCUT2D eigenvalue weighted by molar-refractivity contribution is 6.01. The minimum Gasteiger partial charge on any atom is -0.397 e. The molecule has 0 aliphatic heterocycles. The van der Waals surface area contributed by atoms with E-state index in [9.17, 15) is 0 Å². The van der Waals surface area contributed by atoms with Crippen LogP contribution in [0.25, 0.3) is 22.2 Å². The number of nitrogen functional groups attached to an aromatic ring is 1. The number of hydrogen-bond acceptors (Lipinski definition) is 2. The lowest BCUT2D eigenvalue weighted by atomic mass is 10.0. The van der Waals surface area contributed by atoms with Crippen molar-refractivity contribution in [2.24, 2.45) is 0 Å². The first-order chi connectivity index (χ1) is 8.65. The second-order valence-electron chi connectivity index (χ2n) is 4.65. The fourth-order valence-corrected chi connectivity index (χ4v) is 2.33. The number of anilines is 1. The first-order valence-corrected chi connectivity index (χ1v) is 5.96. The normalized spacial score (nSPS) is 11.0. The lowest BCUT2D eigenvalue weighted by Crippen LogP contribution is -1.90. The molecular weight excluding hydrogens is 222 g/mol. The minimum absolute atomic E-state index is 0.744. The zero-order valence-corrected chi connectivity index (χ0v) is 10.5. The number of nitrogens with one attached hydrogen (secondary N) is 1. The first-order valence-electron chi connectivity index (χ1n) is 5.96. The van der Waals surface area contributed by atoms with E-state index in [0.717, 1.165) is 28.0 Å².